The van der Waals surface area contributed by atoms with Gasteiger partial charge in [0.25, 0.3) is 5.91 Å². The molecule has 0 aliphatic heterocycles. The number of carbonyl (C=O) groups excluding carboxylic acids is 1. The smallest absolute Gasteiger partial charge is 0.251 e. The summed E-state index contributed by atoms with van der Waals surface area (Å²) in [4.78, 5) is 26.0. The maximum atomic E-state index is 12.8. The lowest BCUT2D eigenvalue weighted by Gasteiger charge is -2.09. The summed E-state index contributed by atoms with van der Waals surface area (Å²) in [6.07, 6.45) is 6.77. The van der Waals surface area contributed by atoms with Gasteiger partial charge in [-0.15, -0.1) is 0 Å². The Morgan fingerprint density at radius 1 is 1.03 bits per heavy atom. The second-order valence-corrected chi connectivity index (χ2v) is 7.81. The van der Waals surface area contributed by atoms with Crippen molar-refractivity contribution < 1.29 is 9.53 Å². The number of hydrogen-bond donors (Lipinski definition) is 1. The molecule has 8 heteroatoms. The summed E-state index contributed by atoms with van der Waals surface area (Å²) in [6.45, 7) is 2.62. The third-order valence-electron chi connectivity index (χ3n) is 5.41. The molecule has 0 saturated heterocycles. The van der Waals surface area contributed by atoms with Gasteiger partial charge in [0.15, 0.2) is 11.6 Å². The van der Waals surface area contributed by atoms with Crippen LogP contribution in [-0.4, -0.2) is 44.3 Å². The second-order valence-electron chi connectivity index (χ2n) is 7.81. The Bertz CT molecular complexity index is 1220. The van der Waals surface area contributed by atoms with Gasteiger partial charge in [0.2, 0.25) is 5.88 Å². The molecule has 0 saturated carbocycles. The normalized spacial score (nSPS) is 10.8. The fourth-order valence-corrected chi connectivity index (χ4v) is 3.57. The van der Waals surface area contributed by atoms with Gasteiger partial charge in [-0.2, -0.15) is 5.10 Å². The van der Waals surface area contributed by atoms with Crippen LogP contribution in [0.5, 0.6) is 5.88 Å². The van der Waals surface area contributed by atoms with Gasteiger partial charge in [0.1, 0.15) is 5.69 Å². The van der Waals surface area contributed by atoms with Gasteiger partial charge in [0.05, 0.1) is 25.2 Å². The van der Waals surface area contributed by atoms with Crippen LogP contribution in [0.4, 0.5) is 0 Å². The number of nitrogens with zero attached hydrogens (tertiary/aromatic N) is 5. The zero-order valence-electron chi connectivity index (χ0n) is 19.4. The Morgan fingerprint density at radius 2 is 1.88 bits per heavy atom. The van der Waals surface area contributed by atoms with Gasteiger partial charge >= 0.3 is 0 Å². The quantitative estimate of drug-likeness (QED) is 0.362. The van der Waals surface area contributed by atoms with E-state index in [0.717, 1.165) is 24.9 Å². The van der Waals surface area contributed by atoms with Gasteiger partial charge in [-0.25, -0.2) is 19.6 Å². The molecule has 0 fully saturated rings. The van der Waals surface area contributed by atoms with Gasteiger partial charge in [-0.05, 0) is 43.0 Å². The Morgan fingerprint density at radius 3 is 2.62 bits per heavy atom. The van der Waals surface area contributed by atoms with E-state index in [4.69, 9.17) is 4.74 Å². The molecule has 4 rings (SSSR count). The molecule has 0 unspecified atom stereocenters. The van der Waals surface area contributed by atoms with E-state index in [0.29, 0.717) is 41.8 Å². The summed E-state index contributed by atoms with van der Waals surface area (Å²) in [5.74, 6) is 1.56. The lowest BCUT2D eigenvalue weighted by molar-refractivity contribution is 0.0953. The van der Waals surface area contributed by atoms with Crippen molar-refractivity contribution in [3.63, 3.8) is 0 Å². The minimum absolute atomic E-state index is 0.108. The monoisotopic (exact) mass is 456 g/mol. The highest BCUT2D eigenvalue weighted by Crippen LogP contribution is 2.21. The molecule has 2 aromatic heterocycles. The zero-order chi connectivity index (χ0) is 23.8. The summed E-state index contributed by atoms with van der Waals surface area (Å²) >= 11 is 0. The van der Waals surface area contributed by atoms with Crippen molar-refractivity contribution in [1.29, 1.82) is 0 Å². The number of aromatic nitrogens is 5. The highest BCUT2D eigenvalue weighted by molar-refractivity contribution is 5.94. The fourth-order valence-electron chi connectivity index (χ4n) is 3.57. The summed E-state index contributed by atoms with van der Waals surface area (Å²) in [5, 5.41) is 7.63. The van der Waals surface area contributed by atoms with Crippen molar-refractivity contribution >= 4 is 5.91 Å². The Kier molecular flexibility index (Phi) is 7.60. The predicted molar refractivity (Wildman–Crippen MR) is 130 cm³/mol. The first-order valence-electron chi connectivity index (χ1n) is 11.4. The van der Waals surface area contributed by atoms with Crippen LogP contribution < -0.4 is 10.1 Å². The molecule has 174 valence electrons. The Labute approximate surface area is 199 Å². The molecule has 2 aromatic carbocycles. The molecule has 8 nitrogen and oxygen atoms in total. The number of benzene rings is 2. The maximum Gasteiger partial charge on any atom is 0.251 e. The molecule has 0 spiro atoms. The largest absolute Gasteiger partial charge is 0.480 e. The highest BCUT2D eigenvalue weighted by Gasteiger charge is 2.16. The van der Waals surface area contributed by atoms with Gasteiger partial charge in [-0.3, -0.25) is 4.79 Å². The van der Waals surface area contributed by atoms with E-state index < -0.39 is 0 Å². The van der Waals surface area contributed by atoms with Gasteiger partial charge < -0.3 is 10.1 Å². The van der Waals surface area contributed by atoms with Crippen molar-refractivity contribution in [2.75, 3.05) is 13.7 Å². The standard InChI is InChI=1S/C26H28N6O2/c1-3-23-30-25(22-17-29-24(34-2)18-28-22)32(31-23)21-14-9-13-20(16-21)26(33)27-15-8-7-12-19-10-5-4-6-11-19/h4-6,9-11,13-14,16-18H,3,7-8,12,15H2,1-2H3,(H,27,33). The SMILES string of the molecule is CCc1nc(-c2cnc(OC)cn2)n(-c2cccc(C(=O)NCCCCc3ccccc3)c2)n1. The van der Waals surface area contributed by atoms with Gasteiger partial charge in [-0.1, -0.05) is 43.3 Å². The molecule has 2 heterocycles. The predicted octanol–water partition coefficient (Wildman–Crippen LogP) is 4.05. The molecular formula is C26H28N6O2. The topological polar surface area (TPSA) is 94.8 Å². The molecule has 34 heavy (non-hydrogen) atoms. The third-order valence-corrected chi connectivity index (χ3v) is 5.41. The summed E-state index contributed by atoms with van der Waals surface area (Å²) in [6, 6.07) is 17.7. The van der Waals surface area contributed by atoms with Crippen LogP contribution in [0, 0.1) is 0 Å². The fraction of sp³-hybridized carbons (Fsp3) is 0.269. The van der Waals surface area contributed by atoms with E-state index >= 15 is 0 Å². The summed E-state index contributed by atoms with van der Waals surface area (Å²) < 4.78 is 6.80. The van der Waals surface area contributed by atoms with E-state index in [1.807, 2.05) is 31.2 Å². The van der Waals surface area contributed by atoms with Crippen LogP contribution in [-0.2, 0) is 12.8 Å². The molecule has 0 aliphatic carbocycles. The van der Waals surface area contributed by atoms with Crippen LogP contribution in [0.3, 0.4) is 0 Å². The van der Waals surface area contributed by atoms with Crippen molar-refractivity contribution in [3.8, 4) is 23.1 Å². The number of ether oxygens (including phenoxy) is 1. The number of aryl methyl sites for hydroxylation is 2. The second kappa shape index (κ2) is 11.2. The lowest BCUT2D eigenvalue weighted by atomic mass is 10.1. The highest BCUT2D eigenvalue weighted by atomic mass is 16.5. The molecular weight excluding hydrogens is 428 g/mol. The maximum absolute atomic E-state index is 12.8. The number of nitrogens with one attached hydrogen (secondary N) is 1. The van der Waals surface area contributed by atoms with Crippen molar-refractivity contribution in [1.82, 2.24) is 30.0 Å². The number of carbonyl (C=O) groups is 1. The summed E-state index contributed by atoms with van der Waals surface area (Å²) in [7, 11) is 1.54. The van der Waals surface area contributed by atoms with E-state index in [1.54, 1.807) is 30.3 Å². The molecule has 0 atom stereocenters. The average molecular weight is 457 g/mol. The van der Waals surface area contributed by atoms with Crippen LogP contribution in [0.25, 0.3) is 17.2 Å². The van der Waals surface area contributed by atoms with E-state index in [9.17, 15) is 4.79 Å². The number of methoxy groups -OCH3 is 1. The van der Waals surface area contributed by atoms with Crippen LogP contribution in [0.15, 0.2) is 67.0 Å². The molecule has 0 radical (unpaired) electrons. The number of hydrogen-bond acceptors (Lipinski definition) is 6. The van der Waals surface area contributed by atoms with Crippen molar-refractivity contribution in [2.45, 2.75) is 32.6 Å². The lowest BCUT2D eigenvalue weighted by Crippen LogP contribution is -2.24. The van der Waals surface area contributed by atoms with E-state index in [2.05, 4.69) is 49.6 Å². The van der Waals surface area contributed by atoms with Crippen molar-refractivity contribution in [2.24, 2.45) is 0 Å². The summed E-state index contributed by atoms with van der Waals surface area (Å²) in [5.41, 5.74) is 3.19. The first kappa shape index (κ1) is 23.1. The Balaban J connectivity index is 1.44. The number of rotatable bonds is 10. The molecule has 0 aliphatic rings. The zero-order valence-corrected chi connectivity index (χ0v) is 19.4. The van der Waals surface area contributed by atoms with E-state index in [1.165, 1.54) is 5.56 Å². The number of unbranched alkanes of at least 4 members (excludes halogenated alkanes) is 1. The third kappa shape index (κ3) is 5.64. The molecule has 4 aromatic rings. The van der Waals surface area contributed by atoms with E-state index in [-0.39, 0.29) is 5.91 Å². The van der Waals surface area contributed by atoms with Gasteiger partial charge in [0, 0.05) is 18.5 Å². The van der Waals surface area contributed by atoms with Crippen LogP contribution in [0.2, 0.25) is 0 Å². The van der Waals surface area contributed by atoms with Crippen molar-refractivity contribution in [3.05, 3.63) is 83.9 Å². The average Bonchev–Trinajstić information content (AvgIpc) is 3.34. The minimum atomic E-state index is -0.108. The molecule has 1 N–H and O–H groups in total. The number of amides is 1. The first-order valence-corrected chi connectivity index (χ1v) is 11.4. The Hall–Kier alpha value is -4.07. The van der Waals surface area contributed by atoms with Crippen LogP contribution >= 0.6 is 0 Å². The first-order chi connectivity index (χ1) is 16.7. The minimum Gasteiger partial charge on any atom is -0.480 e. The molecule has 1 amide bonds. The molecule has 0 bridgehead atoms. The van der Waals surface area contributed by atoms with Crippen LogP contribution in [0.1, 0.15) is 41.5 Å².